The molecule has 0 spiro atoms. The first-order valence-electron chi connectivity index (χ1n) is 7.23. The zero-order valence-corrected chi connectivity index (χ0v) is 13.7. The van der Waals surface area contributed by atoms with E-state index in [0.717, 1.165) is 22.4 Å². The molecule has 118 valence electrons. The van der Waals surface area contributed by atoms with Crippen LogP contribution in [0.3, 0.4) is 0 Å². The molecule has 6 nitrogen and oxygen atoms in total. The number of aryl methyl sites for hydroxylation is 2. The molecule has 1 aromatic heterocycles. The van der Waals surface area contributed by atoms with E-state index >= 15 is 0 Å². The smallest absolute Gasteiger partial charge is 0.273 e. The molecule has 2 amide bonds. The van der Waals surface area contributed by atoms with Crippen LogP contribution in [0, 0.1) is 13.8 Å². The van der Waals surface area contributed by atoms with E-state index < -0.39 is 0 Å². The normalized spacial score (nSPS) is 14.2. The van der Waals surface area contributed by atoms with Crippen LogP contribution in [-0.4, -0.2) is 22.5 Å². The van der Waals surface area contributed by atoms with Crippen LogP contribution in [0.1, 0.15) is 24.0 Å². The molecule has 3 rings (SSSR count). The van der Waals surface area contributed by atoms with Crippen molar-refractivity contribution in [1.82, 2.24) is 10.4 Å². The largest absolute Gasteiger partial charge is 0.297 e. The van der Waals surface area contributed by atoms with Crippen LogP contribution in [0.15, 0.2) is 28.7 Å². The number of benzene rings is 1. The maximum atomic E-state index is 12.1. The van der Waals surface area contributed by atoms with Gasteiger partial charge in [0, 0.05) is 23.8 Å². The Hall–Kier alpha value is -2.54. The number of aromatic nitrogens is 1. The monoisotopic (exact) mass is 328 g/mol. The summed E-state index contributed by atoms with van der Waals surface area (Å²) in [7, 11) is 0. The second kappa shape index (κ2) is 6.29. The van der Waals surface area contributed by atoms with Gasteiger partial charge in [0.1, 0.15) is 5.71 Å². The standard InChI is InChI=1S/C16H16N4O2S/c1-9-3-4-10(2)11(7-9)13-8-23-16(17-13)18-15(22)12-5-6-14(21)20-19-12/h3-4,7-8H,5-6H2,1-2H3,(H,20,21)(H,17,18,22). The third kappa shape index (κ3) is 3.45. The molecule has 23 heavy (non-hydrogen) atoms. The highest BCUT2D eigenvalue weighted by Gasteiger charge is 2.19. The SMILES string of the molecule is Cc1ccc(C)c(-c2csc(NC(=O)C3=NNC(=O)CC3)n2)c1. The summed E-state index contributed by atoms with van der Waals surface area (Å²) >= 11 is 1.37. The van der Waals surface area contributed by atoms with Crippen molar-refractivity contribution < 1.29 is 9.59 Å². The average molecular weight is 328 g/mol. The molecule has 7 heteroatoms. The maximum Gasteiger partial charge on any atom is 0.273 e. The molecule has 0 fully saturated rings. The van der Waals surface area contributed by atoms with Gasteiger partial charge in [-0.2, -0.15) is 5.10 Å². The fourth-order valence-electron chi connectivity index (χ4n) is 2.27. The van der Waals surface area contributed by atoms with E-state index in [-0.39, 0.29) is 18.2 Å². The Kier molecular flexibility index (Phi) is 4.20. The van der Waals surface area contributed by atoms with Crippen LogP contribution in [-0.2, 0) is 9.59 Å². The first-order valence-corrected chi connectivity index (χ1v) is 8.11. The Balaban J connectivity index is 1.76. The molecule has 2 heterocycles. The predicted octanol–water partition coefficient (Wildman–Crippen LogP) is 2.63. The van der Waals surface area contributed by atoms with Crippen LogP contribution in [0.5, 0.6) is 0 Å². The molecular formula is C16H16N4O2S. The number of nitrogens with zero attached hydrogens (tertiary/aromatic N) is 2. The minimum absolute atomic E-state index is 0.173. The molecule has 1 aliphatic heterocycles. The molecule has 0 saturated carbocycles. The van der Waals surface area contributed by atoms with Crippen LogP contribution < -0.4 is 10.7 Å². The number of rotatable bonds is 3. The number of thiazole rings is 1. The van der Waals surface area contributed by atoms with E-state index in [4.69, 9.17) is 0 Å². The van der Waals surface area contributed by atoms with E-state index in [0.29, 0.717) is 17.3 Å². The van der Waals surface area contributed by atoms with E-state index in [1.54, 1.807) is 0 Å². The van der Waals surface area contributed by atoms with Crippen molar-refractivity contribution in [2.45, 2.75) is 26.7 Å². The van der Waals surface area contributed by atoms with Crippen molar-refractivity contribution in [3.05, 3.63) is 34.7 Å². The predicted molar refractivity (Wildman–Crippen MR) is 90.5 cm³/mol. The van der Waals surface area contributed by atoms with Crippen molar-refractivity contribution >= 4 is 34.0 Å². The lowest BCUT2D eigenvalue weighted by molar-refractivity contribution is -0.121. The number of amides is 2. The Morgan fingerprint density at radius 3 is 2.87 bits per heavy atom. The second-order valence-corrected chi connectivity index (χ2v) is 6.26. The quantitative estimate of drug-likeness (QED) is 0.908. The van der Waals surface area contributed by atoms with Crippen LogP contribution in [0.25, 0.3) is 11.3 Å². The number of hydrogen-bond acceptors (Lipinski definition) is 5. The van der Waals surface area contributed by atoms with Crippen molar-refractivity contribution in [2.24, 2.45) is 5.10 Å². The van der Waals surface area contributed by atoms with E-state index in [9.17, 15) is 9.59 Å². The van der Waals surface area contributed by atoms with Crippen molar-refractivity contribution in [1.29, 1.82) is 0 Å². The first-order chi connectivity index (χ1) is 11.0. The van der Waals surface area contributed by atoms with Gasteiger partial charge in [-0.25, -0.2) is 10.4 Å². The lowest BCUT2D eigenvalue weighted by atomic mass is 10.0. The average Bonchev–Trinajstić information content (AvgIpc) is 2.98. The highest BCUT2D eigenvalue weighted by atomic mass is 32.1. The van der Waals surface area contributed by atoms with Gasteiger partial charge in [0.2, 0.25) is 5.91 Å². The van der Waals surface area contributed by atoms with Crippen LogP contribution >= 0.6 is 11.3 Å². The van der Waals surface area contributed by atoms with Crippen molar-refractivity contribution in [3.8, 4) is 11.3 Å². The first kappa shape index (κ1) is 15.4. The van der Waals surface area contributed by atoms with Gasteiger partial charge in [0.25, 0.3) is 5.91 Å². The third-order valence-corrected chi connectivity index (χ3v) is 4.32. The zero-order chi connectivity index (χ0) is 16.4. The zero-order valence-electron chi connectivity index (χ0n) is 12.8. The lowest BCUT2D eigenvalue weighted by Crippen LogP contribution is -2.32. The van der Waals surface area contributed by atoms with E-state index in [2.05, 4.69) is 39.0 Å². The third-order valence-electron chi connectivity index (χ3n) is 3.56. The van der Waals surface area contributed by atoms with Gasteiger partial charge >= 0.3 is 0 Å². The van der Waals surface area contributed by atoms with Crippen molar-refractivity contribution in [2.75, 3.05) is 5.32 Å². The molecular weight excluding hydrogens is 312 g/mol. The van der Waals surface area contributed by atoms with Crippen molar-refractivity contribution in [3.63, 3.8) is 0 Å². The van der Waals surface area contributed by atoms with Gasteiger partial charge in [-0.1, -0.05) is 17.7 Å². The summed E-state index contributed by atoms with van der Waals surface area (Å²) in [5.41, 5.74) is 6.83. The van der Waals surface area contributed by atoms with Gasteiger partial charge in [-0.05, 0) is 25.5 Å². The summed E-state index contributed by atoms with van der Waals surface area (Å²) < 4.78 is 0. The number of nitrogens with one attached hydrogen (secondary N) is 2. The number of carbonyl (C=O) groups excluding carboxylic acids is 2. The molecule has 1 aliphatic rings. The minimum atomic E-state index is -0.327. The summed E-state index contributed by atoms with van der Waals surface area (Å²) in [4.78, 5) is 27.6. The fourth-order valence-corrected chi connectivity index (χ4v) is 2.98. The molecule has 2 aromatic rings. The number of anilines is 1. The Morgan fingerprint density at radius 2 is 2.13 bits per heavy atom. The summed E-state index contributed by atoms with van der Waals surface area (Å²) in [6.07, 6.45) is 0.616. The molecule has 1 aromatic carbocycles. The Labute approximate surface area is 137 Å². The molecule has 0 saturated heterocycles. The van der Waals surface area contributed by atoms with E-state index in [1.165, 1.54) is 11.3 Å². The number of hydrazone groups is 1. The Bertz CT molecular complexity index is 810. The molecule has 0 aliphatic carbocycles. The fraction of sp³-hybridized carbons (Fsp3) is 0.250. The van der Waals surface area contributed by atoms with Gasteiger partial charge in [0.15, 0.2) is 5.13 Å². The number of hydrogen-bond donors (Lipinski definition) is 2. The summed E-state index contributed by atoms with van der Waals surface area (Å²) in [5, 5.41) is 8.95. The van der Waals surface area contributed by atoms with Gasteiger partial charge < -0.3 is 0 Å². The molecule has 2 N–H and O–H groups in total. The van der Waals surface area contributed by atoms with Gasteiger partial charge in [-0.15, -0.1) is 11.3 Å². The topological polar surface area (TPSA) is 83.5 Å². The molecule has 0 unspecified atom stereocenters. The lowest BCUT2D eigenvalue weighted by Gasteiger charge is -2.10. The highest BCUT2D eigenvalue weighted by molar-refractivity contribution is 7.14. The van der Waals surface area contributed by atoms with E-state index in [1.807, 2.05) is 19.2 Å². The molecule has 0 atom stereocenters. The highest BCUT2D eigenvalue weighted by Crippen LogP contribution is 2.28. The van der Waals surface area contributed by atoms with Gasteiger partial charge in [-0.3, -0.25) is 14.9 Å². The second-order valence-electron chi connectivity index (χ2n) is 5.40. The molecule has 0 bridgehead atoms. The van der Waals surface area contributed by atoms with Gasteiger partial charge in [0.05, 0.1) is 5.69 Å². The van der Waals surface area contributed by atoms with Crippen LogP contribution in [0.4, 0.5) is 5.13 Å². The van der Waals surface area contributed by atoms with Crippen LogP contribution in [0.2, 0.25) is 0 Å². The summed E-state index contributed by atoms with van der Waals surface area (Å²) in [6.45, 7) is 4.07. The maximum absolute atomic E-state index is 12.1. The summed E-state index contributed by atoms with van der Waals surface area (Å²) in [6, 6.07) is 6.20. The number of carbonyl (C=O) groups is 2. The summed E-state index contributed by atoms with van der Waals surface area (Å²) in [5.74, 6) is -0.500. The molecule has 0 radical (unpaired) electrons. The Morgan fingerprint density at radius 1 is 1.30 bits per heavy atom. The minimum Gasteiger partial charge on any atom is -0.297 e.